The van der Waals surface area contributed by atoms with E-state index in [-0.39, 0.29) is 17.9 Å². The summed E-state index contributed by atoms with van der Waals surface area (Å²) < 4.78 is 42.8. The standard InChI is InChI=1S/C25H25F3N4O3/c1-3-29-22-12-21(17-9-15(2)8-16(10-17)14-33)30-32(24(22)35)23-11-18(31-7-6-19(34)13-31)4-5-20(23)25(26,27)28/h4-5,8-12,14,19,29,34H,3,6-7,13H2,1-2H3. The first-order valence-electron chi connectivity index (χ1n) is 11.2. The lowest BCUT2D eigenvalue weighted by atomic mass is 10.0. The maximum atomic E-state index is 14.0. The lowest BCUT2D eigenvalue weighted by Gasteiger charge is -2.22. The number of nitrogens with zero attached hydrogens (tertiary/aromatic N) is 3. The molecule has 2 aromatic carbocycles. The number of halogens is 3. The lowest BCUT2D eigenvalue weighted by Crippen LogP contribution is -2.28. The molecule has 0 bridgehead atoms. The number of anilines is 2. The van der Waals surface area contributed by atoms with E-state index in [2.05, 4.69) is 10.4 Å². The SMILES string of the molecule is CCNc1cc(-c2cc(C)cc(C=O)c2)nn(-c2cc(N3CCC(O)C3)ccc2C(F)(F)F)c1=O. The number of carbonyl (C=O) groups is 1. The minimum atomic E-state index is -4.73. The molecule has 0 spiro atoms. The number of rotatable bonds is 6. The Labute approximate surface area is 199 Å². The summed E-state index contributed by atoms with van der Waals surface area (Å²) in [5.74, 6) is 0. The van der Waals surface area contributed by atoms with E-state index >= 15 is 0 Å². The Bertz CT molecular complexity index is 1320. The van der Waals surface area contributed by atoms with Gasteiger partial charge in [-0.3, -0.25) is 9.59 Å². The highest BCUT2D eigenvalue weighted by Gasteiger charge is 2.35. The van der Waals surface area contributed by atoms with Crippen molar-refractivity contribution < 1.29 is 23.1 Å². The predicted octanol–water partition coefficient (Wildman–Crippen LogP) is 4.04. The zero-order valence-corrected chi connectivity index (χ0v) is 19.3. The Kier molecular flexibility index (Phi) is 6.66. The van der Waals surface area contributed by atoms with Crippen LogP contribution in [-0.4, -0.2) is 46.9 Å². The Morgan fingerprint density at radius 2 is 1.97 bits per heavy atom. The van der Waals surface area contributed by atoms with Crippen molar-refractivity contribution in [1.82, 2.24) is 9.78 Å². The number of hydrogen-bond acceptors (Lipinski definition) is 6. The molecule has 1 aromatic heterocycles. The van der Waals surface area contributed by atoms with Crippen LogP contribution in [0.2, 0.25) is 0 Å². The zero-order chi connectivity index (χ0) is 25.3. The Balaban J connectivity index is 1.97. The molecular formula is C25H25F3N4O3. The summed E-state index contributed by atoms with van der Waals surface area (Å²) in [6.45, 7) is 4.68. The van der Waals surface area contributed by atoms with E-state index in [1.807, 2.05) is 0 Å². The number of aromatic nitrogens is 2. The van der Waals surface area contributed by atoms with Gasteiger partial charge in [-0.1, -0.05) is 0 Å². The quantitative estimate of drug-likeness (QED) is 0.512. The normalized spacial score (nSPS) is 15.9. The number of carbonyl (C=O) groups excluding carboxylic acids is 1. The van der Waals surface area contributed by atoms with E-state index in [0.717, 1.165) is 16.3 Å². The predicted molar refractivity (Wildman–Crippen MR) is 127 cm³/mol. The van der Waals surface area contributed by atoms with Gasteiger partial charge in [-0.2, -0.15) is 23.0 Å². The first kappa shape index (κ1) is 24.5. The van der Waals surface area contributed by atoms with Crippen LogP contribution in [0.1, 0.15) is 34.8 Å². The van der Waals surface area contributed by atoms with Gasteiger partial charge in [0.05, 0.1) is 23.0 Å². The zero-order valence-electron chi connectivity index (χ0n) is 19.3. The molecule has 2 heterocycles. The van der Waals surface area contributed by atoms with Gasteiger partial charge in [0.25, 0.3) is 5.56 Å². The van der Waals surface area contributed by atoms with Crippen LogP contribution in [0.5, 0.6) is 0 Å². The number of β-amino-alcohol motifs (C(OH)–C–C–N with tert-alkyl or cyclic N) is 1. The number of alkyl halides is 3. The molecule has 4 rings (SSSR count). The number of nitrogens with one attached hydrogen (secondary N) is 1. The number of aliphatic hydroxyl groups is 1. The van der Waals surface area contributed by atoms with Gasteiger partial charge < -0.3 is 15.3 Å². The van der Waals surface area contributed by atoms with Crippen molar-refractivity contribution in [2.24, 2.45) is 0 Å². The molecular weight excluding hydrogens is 461 g/mol. The lowest BCUT2D eigenvalue weighted by molar-refractivity contribution is -0.137. The molecule has 1 atom stereocenters. The number of benzene rings is 2. The van der Waals surface area contributed by atoms with E-state index in [9.17, 15) is 27.9 Å². The average Bonchev–Trinajstić information content (AvgIpc) is 3.25. The second kappa shape index (κ2) is 9.53. The third-order valence-electron chi connectivity index (χ3n) is 5.85. The van der Waals surface area contributed by atoms with Crippen LogP contribution < -0.4 is 15.8 Å². The molecule has 7 nitrogen and oxygen atoms in total. The third-order valence-corrected chi connectivity index (χ3v) is 5.85. The van der Waals surface area contributed by atoms with Crippen molar-refractivity contribution in [3.05, 3.63) is 69.5 Å². The van der Waals surface area contributed by atoms with E-state index in [0.29, 0.717) is 42.6 Å². The molecule has 1 aliphatic heterocycles. The second-order valence-electron chi connectivity index (χ2n) is 8.53. The van der Waals surface area contributed by atoms with E-state index in [1.165, 1.54) is 18.2 Å². The van der Waals surface area contributed by atoms with Gasteiger partial charge in [-0.05, 0) is 68.3 Å². The number of aliphatic hydroxyl groups excluding tert-OH is 1. The molecule has 0 radical (unpaired) electrons. The fraction of sp³-hybridized carbons (Fsp3) is 0.320. The summed E-state index contributed by atoms with van der Waals surface area (Å²) in [5, 5.41) is 17.1. The maximum absolute atomic E-state index is 14.0. The molecule has 0 saturated carbocycles. The van der Waals surface area contributed by atoms with Crippen molar-refractivity contribution in [3.63, 3.8) is 0 Å². The van der Waals surface area contributed by atoms with Crippen LogP contribution in [0.4, 0.5) is 24.5 Å². The van der Waals surface area contributed by atoms with Gasteiger partial charge in [0.1, 0.15) is 12.0 Å². The van der Waals surface area contributed by atoms with Gasteiger partial charge in [0.15, 0.2) is 0 Å². The molecule has 1 saturated heterocycles. The van der Waals surface area contributed by atoms with Crippen molar-refractivity contribution >= 4 is 17.7 Å². The van der Waals surface area contributed by atoms with Crippen LogP contribution in [0.25, 0.3) is 16.9 Å². The second-order valence-corrected chi connectivity index (χ2v) is 8.53. The summed E-state index contributed by atoms with van der Waals surface area (Å²) in [4.78, 5) is 26.4. The summed E-state index contributed by atoms with van der Waals surface area (Å²) in [7, 11) is 0. The molecule has 2 N–H and O–H groups in total. The summed E-state index contributed by atoms with van der Waals surface area (Å²) >= 11 is 0. The molecule has 1 unspecified atom stereocenters. The Morgan fingerprint density at radius 3 is 2.60 bits per heavy atom. The van der Waals surface area contributed by atoms with Gasteiger partial charge >= 0.3 is 6.18 Å². The topological polar surface area (TPSA) is 87.5 Å². The van der Waals surface area contributed by atoms with Crippen LogP contribution in [0.15, 0.2) is 47.3 Å². The highest BCUT2D eigenvalue weighted by molar-refractivity contribution is 5.79. The molecule has 0 aliphatic carbocycles. The minimum absolute atomic E-state index is 0.0850. The number of hydrogen-bond donors (Lipinski definition) is 2. The van der Waals surface area contributed by atoms with E-state index in [1.54, 1.807) is 36.9 Å². The Hall–Kier alpha value is -3.66. The first-order valence-corrected chi connectivity index (χ1v) is 11.2. The maximum Gasteiger partial charge on any atom is 0.418 e. The molecule has 10 heteroatoms. The number of aryl methyl sites for hydroxylation is 1. The molecule has 3 aromatic rings. The van der Waals surface area contributed by atoms with Gasteiger partial charge in [0.2, 0.25) is 0 Å². The largest absolute Gasteiger partial charge is 0.418 e. The van der Waals surface area contributed by atoms with Gasteiger partial charge in [-0.15, -0.1) is 0 Å². The summed E-state index contributed by atoms with van der Waals surface area (Å²) in [6.07, 6.45) is -4.13. The van der Waals surface area contributed by atoms with Gasteiger partial charge in [-0.25, -0.2) is 0 Å². The van der Waals surface area contributed by atoms with Gasteiger partial charge in [0, 0.05) is 36.4 Å². The van der Waals surface area contributed by atoms with Crippen LogP contribution in [-0.2, 0) is 6.18 Å². The third kappa shape index (κ3) is 5.07. The van der Waals surface area contributed by atoms with E-state index < -0.39 is 29.1 Å². The first-order chi connectivity index (χ1) is 16.6. The van der Waals surface area contributed by atoms with Crippen molar-refractivity contribution in [1.29, 1.82) is 0 Å². The molecule has 1 fully saturated rings. The van der Waals surface area contributed by atoms with Crippen molar-refractivity contribution in [2.45, 2.75) is 32.5 Å². The molecule has 1 aliphatic rings. The highest BCUT2D eigenvalue weighted by Crippen LogP contribution is 2.36. The van der Waals surface area contributed by atoms with Crippen LogP contribution >= 0.6 is 0 Å². The summed E-state index contributed by atoms with van der Waals surface area (Å²) in [5.41, 5.74) is 0.264. The fourth-order valence-electron chi connectivity index (χ4n) is 4.25. The van der Waals surface area contributed by atoms with Crippen molar-refractivity contribution in [3.8, 4) is 16.9 Å². The van der Waals surface area contributed by atoms with E-state index in [4.69, 9.17) is 0 Å². The highest BCUT2D eigenvalue weighted by atomic mass is 19.4. The minimum Gasteiger partial charge on any atom is -0.391 e. The molecule has 35 heavy (non-hydrogen) atoms. The monoisotopic (exact) mass is 486 g/mol. The average molecular weight is 486 g/mol. The Morgan fingerprint density at radius 1 is 1.20 bits per heavy atom. The van der Waals surface area contributed by atoms with Crippen LogP contribution in [0, 0.1) is 6.92 Å². The van der Waals surface area contributed by atoms with Crippen molar-refractivity contribution in [2.75, 3.05) is 29.9 Å². The number of aldehydes is 1. The fourth-order valence-corrected chi connectivity index (χ4v) is 4.25. The summed E-state index contributed by atoms with van der Waals surface area (Å²) in [6, 6.07) is 10.0. The molecule has 0 amide bonds. The van der Waals surface area contributed by atoms with Crippen LogP contribution in [0.3, 0.4) is 0 Å². The molecule has 184 valence electrons. The smallest absolute Gasteiger partial charge is 0.391 e.